The van der Waals surface area contributed by atoms with E-state index in [2.05, 4.69) is 0 Å². The second kappa shape index (κ2) is 11.1. The molecule has 0 fully saturated rings. The normalized spacial score (nSPS) is 16.5. The van der Waals surface area contributed by atoms with Gasteiger partial charge in [0.05, 0.1) is 23.3 Å². The first-order valence-electron chi connectivity index (χ1n) is 24.0. The Morgan fingerprint density at radius 1 is 0.367 bits per heavy atom. The van der Waals surface area contributed by atoms with Crippen LogP contribution in [0.25, 0.3) is 98.8 Å². The van der Waals surface area contributed by atoms with E-state index >= 15 is 0 Å². The van der Waals surface area contributed by atoms with Crippen molar-refractivity contribution in [1.29, 1.82) is 0 Å². The summed E-state index contributed by atoms with van der Waals surface area (Å²) in [6.07, 6.45) is 0. The first-order valence-corrected chi connectivity index (χ1v) is 15.5. The summed E-state index contributed by atoms with van der Waals surface area (Å²) in [6, 6.07) is 13.0. The van der Waals surface area contributed by atoms with Gasteiger partial charge in [-0.05, 0) is 107 Å². The number of benzene rings is 9. The molecule has 49 heavy (non-hydrogen) atoms. The molecule has 0 aliphatic rings. The third kappa shape index (κ3) is 4.47. The SMILES string of the molecule is [2H]c1c([2H])c([2H])c(-c2c([2H])c([2H])c3oc4c([2H])c([2H])c([2H])c(-c5c([2H])c([2H])c6c([2H])c(-c7c8ccccc8c(-c8ccccc8)c8ccccc78)c([2H])c([2H])c6c5[2H])c4c3c2[2H])c([2H])c1[2H]. The van der Waals surface area contributed by atoms with E-state index in [9.17, 15) is 11.0 Å². The Morgan fingerprint density at radius 3 is 1.65 bits per heavy atom. The van der Waals surface area contributed by atoms with Gasteiger partial charge in [-0.3, -0.25) is 0 Å². The van der Waals surface area contributed by atoms with E-state index in [-0.39, 0.29) is 21.7 Å². The van der Waals surface area contributed by atoms with E-state index < -0.39 is 142 Å². The summed E-state index contributed by atoms with van der Waals surface area (Å²) in [5.41, 5.74) is -0.884. The van der Waals surface area contributed by atoms with Gasteiger partial charge in [-0.15, -0.1) is 0 Å². The van der Waals surface area contributed by atoms with Crippen LogP contribution in [0.4, 0.5) is 0 Å². The van der Waals surface area contributed by atoms with Gasteiger partial charge in [-0.1, -0.05) is 151 Å². The quantitative estimate of drug-likeness (QED) is 0.175. The van der Waals surface area contributed by atoms with Gasteiger partial charge < -0.3 is 4.42 Å². The molecule has 0 saturated heterocycles. The van der Waals surface area contributed by atoms with Crippen molar-refractivity contribution in [1.82, 2.24) is 0 Å². The molecule has 0 bridgehead atoms. The highest BCUT2D eigenvalue weighted by molar-refractivity contribution is 6.22. The Hall–Kier alpha value is -6.44. The van der Waals surface area contributed by atoms with Gasteiger partial charge in [0.2, 0.25) is 0 Å². The highest BCUT2D eigenvalue weighted by Gasteiger charge is 2.17. The van der Waals surface area contributed by atoms with E-state index in [0.29, 0.717) is 16.3 Å². The van der Waals surface area contributed by atoms with Gasteiger partial charge in [0.25, 0.3) is 0 Å². The molecule has 9 aromatic carbocycles. The zero-order chi connectivity index (χ0) is 47.1. The topological polar surface area (TPSA) is 13.1 Å². The molecule has 1 heterocycles. The summed E-state index contributed by atoms with van der Waals surface area (Å²) in [6.45, 7) is 0. The van der Waals surface area contributed by atoms with Crippen molar-refractivity contribution >= 4 is 54.3 Å². The summed E-state index contributed by atoms with van der Waals surface area (Å²) in [7, 11) is 0. The van der Waals surface area contributed by atoms with E-state index in [0.717, 1.165) is 21.9 Å². The molecule has 228 valence electrons. The maximum Gasteiger partial charge on any atom is 0.136 e. The van der Waals surface area contributed by atoms with Gasteiger partial charge in [0.15, 0.2) is 0 Å². The zero-order valence-electron chi connectivity index (χ0n) is 42.4. The molecule has 0 radical (unpaired) electrons. The lowest BCUT2D eigenvalue weighted by molar-refractivity contribution is 0.669. The number of fused-ring (bicyclic) bond motifs is 6. The molecule has 0 N–H and O–H groups in total. The number of hydrogen-bond donors (Lipinski definition) is 0. The van der Waals surface area contributed by atoms with E-state index in [1.54, 1.807) is 0 Å². The maximum absolute atomic E-state index is 9.74. The lowest BCUT2D eigenvalue weighted by Crippen LogP contribution is -1.90. The third-order valence-corrected chi connectivity index (χ3v) is 8.69. The summed E-state index contributed by atoms with van der Waals surface area (Å²) in [4.78, 5) is 0. The van der Waals surface area contributed by atoms with E-state index in [4.69, 9.17) is 16.8 Å². The smallest absolute Gasteiger partial charge is 0.136 e. The molecule has 10 rings (SSSR count). The van der Waals surface area contributed by atoms with Crippen molar-refractivity contribution in [2.45, 2.75) is 0 Å². The average Bonchev–Trinajstić information content (AvgIpc) is 3.72. The van der Waals surface area contributed by atoms with Crippen LogP contribution < -0.4 is 0 Å². The predicted molar refractivity (Wildman–Crippen MR) is 208 cm³/mol. The number of rotatable bonds is 4. The molecular weight excluding hydrogens is 593 g/mol. The lowest BCUT2D eigenvalue weighted by atomic mass is 9.85. The number of hydrogen-bond acceptors (Lipinski definition) is 1. The van der Waals surface area contributed by atoms with Gasteiger partial charge in [0.1, 0.15) is 11.2 Å². The van der Waals surface area contributed by atoms with E-state index in [1.807, 2.05) is 78.9 Å². The van der Waals surface area contributed by atoms with Crippen molar-refractivity contribution in [3.05, 3.63) is 182 Å². The van der Waals surface area contributed by atoms with Crippen molar-refractivity contribution in [2.24, 2.45) is 0 Å². The Balaban J connectivity index is 1.33. The Morgan fingerprint density at radius 2 is 0.959 bits per heavy atom. The van der Waals surface area contributed by atoms with Crippen LogP contribution in [0.3, 0.4) is 0 Å². The molecular formula is C48H30O. The molecule has 1 heteroatoms. The summed E-state index contributed by atoms with van der Waals surface area (Å²) in [5, 5.41) is 1.46. The minimum absolute atomic E-state index is 0.0100. The molecule has 1 nitrogen and oxygen atoms in total. The molecule has 0 unspecified atom stereocenters. The fourth-order valence-electron chi connectivity index (χ4n) is 6.58. The Labute approximate surface area is 308 Å². The van der Waals surface area contributed by atoms with Gasteiger partial charge in [-0.25, -0.2) is 0 Å². The van der Waals surface area contributed by atoms with Crippen LogP contribution in [0.2, 0.25) is 0 Å². The molecule has 0 aliphatic heterocycles. The fourth-order valence-corrected chi connectivity index (χ4v) is 6.58. The monoisotopic (exact) mass is 639 g/mol. The molecule has 0 amide bonds. The van der Waals surface area contributed by atoms with Crippen molar-refractivity contribution < 1.29 is 27.7 Å². The first kappa shape index (κ1) is 15.6. The minimum Gasteiger partial charge on any atom is -0.456 e. The minimum atomic E-state index is -0.770. The molecule has 10 aromatic rings. The largest absolute Gasteiger partial charge is 0.456 e. The van der Waals surface area contributed by atoms with Crippen LogP contribution in [0, 0.1) is 0 Å². The van der Waals surface area contributed by atoms with Crippen LogP contribution in [0.5, 0.6) is 0 Å². The first-order chi connectivity index (χ1) is 31.4. The van der Waals surface area contributed by atoms with Crippen LogP contribution in [-0.4, -0.2) is 0 Å². The Bertz CT molecular complexity index is 3760. The third-order valence-electron chi connectivity index (χ3n) is 8.69. The van der Waals surface area contributed by atoms with Gasteiger partial charge in [-0.2, -0.15) is 0 Å². The second-order valence-electron chi connectivity index (χ2n) is 11.5. The fraction of sp³-hybridized carbons (Fsp3) is 0. The predicted octanol–water partition coefficient (Wildman–Crippen LogP) is 13.7. The van der Waals surface area contributed by atoms with Crippen LogP contribution in [0.1, 0.15) is 23.3 Å². The highest BCUT2D eigenvalue weighted by atomic mass is 16.3. The zero-order valence-corrected chi connectivity index (χ0v) is 25.4. The Kier molecular flexibility index (Phi) is 3.54. The van der Waals surface area contributed by atoms with Crippen molar-refractivity contribution in [3.63, 3.8) is 0 Å². The molecule has 0 aliphatic carbocycles. The summed E-state index contributed by atoms with van der Waals surface area (Å²) in [5.74, 6) is 0. The average molecular weight is 640 g/mol. The molecule has 0 spiro atoms. The van der Waals surface area contributed by atoms with Crippen LogP contribution >= 0.6 is 0 Å². The molecule has 1 aromatic heterocycles. The van der Waals surface area contributed by atoms with Crippen molar-refractivity contribution in [2.75, 3.05) is 0 Å². The van der Waals surface area contributed by atoms with E-state index in [1.165, 1.54) is 0 Å². The second-order valence-corrected chi connectivity index (χ2v) is 11.5. The van der Waals surface area contributed by atoms with Crippen LogP contribution in [0.15, 0.2) is 186 Å². The van der Waals surface area contributed by atoms with Gasteiger partial charge in [0, 0.05) is 10.8 Å². The lowest BCUT2D eigenvalue weighted by Gasteiger charge is -2.18. The summed E-state index contributed by atoms with van der Waals surface area (Å²) >= 11 is 0. The van der Waals surface area contributed by atoms with Gasteiger partial charge >= 0.3 is 0 Å². The highest BCUT2D eigenvalue weighted by Crippen LogP contribution is 2.45. The summed E-state index contributed by atoms with van der Waals surface area (Å²) < 4.78 is 159. The molecule has 0 atom stereocenters. The van der Waals surface area contributed by atoms with Crippen molar-refractivity contribution in [3.8, 4) is 44.5 Å². The number of furan rings is 1. The standard InChI is InChI=1S/C48H30O/c1-3-12-31(13-4-1)35-26-27-44-43(30-35)48-38(20-11-21-45(48)49-44)36-24-22-34-29-37(25-23-33(34)28-36)47-41-18-9-7-16-39(41)46(32-14-5-2-6-15-32)40-17-8-10-19-42(40)47/h1-30H/i1D,3D,4D,11D,12D,13D,20D,21D,22D,23D,24D,25D,26D,27D,28D,29D,30D. The molecule has 0 saturated carbocycles. The maximum atomic E-state index is 9.74. The van der Waals surface area contributed by atoms with Crippen LogP contribution in [-0.2, 0) is 0 Å².